The fraction of sp³-hybridized carbons (Fsp3) is 0.562. The molecule has 0 spiro atoms. The van der Waals surface area contributed by atoms with Gasteiger partial charge in [-0.3, -0.25) is 5.10 Å². The van der Waals surface area contributed by atoms with Crippen molar-refractivity contribution in [3.63, 3.8) is 0 Å². The molecule has 4 heterocycles. The molecule has 3 aromatic rings. The van der Waals surface area contributed by atoms with Crippen LogP contribution in [0.2, 0.25) is 0 Å². The van der Waals surface area contributed by atoms with Gasteiger partial charge in [0.2, 0.25) is 5.16 Å². The van der Waals surface area contributed by atoms with E-state index >= 15 is 0 Å². The van der Waals surface area contributed by atoms with Crippen molar-refractivity contribution >= 4 is 23.2 Å². The van der Waals surface area contributed by atoms with Crippen LogP contribution in [0.5, 0.6) is 0 Å². The Morgan fingerprint density at radius 2 is 2.00 bits per heavy atom. The van der Waals surface area contributed by atoms with E-state index < -0.39 is 0 Å². The predicted octanol–water partition coefficient (Wildman–Crippen LogP) is 2.18. The molecule has 1 saturated heterocycles. The SMILES string of the molecule is Cc1nc2nc(SCCc3ncn[nH]3)nn2c(C)c1N1CCCCC1. The molecule has 4 rings (SSSR count). The molecular weight excluding hydrogens is 336 g/mol. The van der Waals surface area contributed by atoms with Crippen molar-refractivity contribution in [3.8, 4) is 0 Å². The van der Waals surface area contributed by atoms with Crippen LogP contribution in [0.15, 0.2) is 11.5 Å². The van der Waals surface area contributed by atoms with Crippen LogP contribution in [0.4, 0.5) is 5.69 Å². The lowest BCUT2D eigenvalue weighted by Crippen LogP contribution is -2.31. The van der Waals surface area contributed by atoms with Crippen LogP contribution in [0.3, 0.4) is 0 Å². The van der Waals surface area contributed by atoms with Crippen LogP contribution in [0.25, 0.3) is 5.78 Å². The molecule has 0 aliphatic carbocycles. The molecule has 3 aromatic heterocycles. The van der Waals surface area contributed by atoms with Gasteiger partial charge in [0, 0.05) is 25.3 Å². The molecule has 9 heteroatoms. The van der Waals surface area contributed by atoms with E-state index in [1.807, 2.05) is 4.52 Å². The summed E-state index contributed by atoms with van der Waals surface area (Å²) in [6.45, 7) is 6.39. The first-order valence-electron chi connectivity index (χ1n) is 8.68. The van der Waals surface area contributed by atoms with Gasteiger partial charge < -0.3 is 4.90 Å². The number of hydrogen-bond acceptors (Lipinski definition) is 7. The number of thioether (sulfide) groups is 1. The number of piperidine rings is 1. The number of aromatic amines is 1. The van der Waals surface area contributed by atoms with Crippen molar-refractivity contribution in [1.82, 2.24) is 34.8 Å². The van der Waals surface area contributed by atoms with Gasteiger partial charge in [0.1, 0.15) is 12.2 Å². The second kappa shape index (κ2) is 6.99. The summed E-state index contributed by atoms with van der Waals surface area (Å²) in [6.07, 6.45) is 6.15. The first-order chi connectivity index (χ1) is 12.2. The van der Waals surface area contributed by atoms with Gasteiger partial charge in [0.15, 0.2) is 0 Å². The summed E-state index contributed by atoms with van der Waals surface area (Å²) in [4.78, 5) is 15.9. The molecule has 1 aliphatic rings. The van der Waals surface area contributed by atoms with Crippen LogP contribution >= 0.6 is 11.8 Å². The number of aryl methyl sites for hydroxylation is 3. The lowest BCUT2D eigenvalue weighted by Gasteiger charge is -2.30. The zero-order chi connectivity index (χ0) is 17.2. The van der Waals surface area contributed by atoms with Gasteiger partial charge in [0.05, 0.1) is 17.1 Å². The number of aromatic nitrogens is 7. The smallest absolute Gasteiger partial charge is 0.253 e. The molecule has 132 valence electrons. The summed E-state index contributed by atoms with van der Waals surface area (Å²) >= 11 is 1.62. The molecule has 0 saturated carbocycles. The maximum absolute atomic E-state index is 4.70. The van der Waals surface area contributed by atoms with Gasteiger partial charge in [-0.2, -0.15) is 14.6 Å². The Kier molecular flexibility index (Phi) is 4.56. The summed E-state index contributed by atoms with van der Waals surface area (Å²) in [5.74, 6) is 2.41. The Morgan fingerprint density at radius 1 is 1.16 bits per heavy atom. The minimum atomic E-state index is 0.679. The maximum atomic E-state index is 4.70. The highest BCUT2D eigenvalue weighted by Gasteiger charge is 2.20. The largest absolute Gasteiger partial charge is 0.369 e. The Morgan fingerprint density at radius 3 is 2.76 bits per heavy atom. The number of nitrogens with one attached hydrogen (secondary N) is 1. The van der Waals surface area contributed by atoms with Gasteiger partial charge in [-0.05, 0) is 33.1 Å². The van der Waals surface area contributed by atoms with E-state index in [1.165, 1.54) is 31.3 Å². The van der Waals surface area contributed by atoms with Gasteiger partial charge >= 0.3 is 0 Å². The van der Waals surface area contributed by atoms with Crippen LogP contribution in [0, 0.1) is 13.8 Å². The van der Waals surface area contributed by atoms with E-state index in [9.17, 15) is 0 Å². The minimum absolute atomic E-state index is 0.679. The Hall–Kier alpha value is -2.16. The quantitative estimate of drug-likeness (QED) is 0.699. The molecule has 0 aromatic carbocycles. The van der Waals surface area contributed by atoms with Crippen molar-refractivity contribution in [3.05, 3.63) is 23.5 Å². The minimum Gasteiger partial charge on any atom is -0.369 e. The molecule has 1 aliphatic heterocycles. The zero-order valence-corrected chi connectivity index (χ0v) is 15.4. The third-order valence-electron chi connectivity index (χ3n) is 4.55. The normalized spacial score (nSPS) is 15.2. The number of fused-ring (bicyclic) bond motifs is 1. The van der Waals surface area contributed by atoms with E-state index in [2.05, 4.69) is 44.0 Å². The van der Waals surface area contributed by atoms with E-state index in [0.29, 0.717) is 5.78 Å². The van der Waals surface area contributed by atoms with Gasteiger partial charge in [0.25, 0.3) is 5.78 Å². The topological polar surface area (TPSA) is 87.9 Å². The van der Waals surface area contributed by atoms with Gasteiger partial charge in [-0.1, -0.05) is 11.8 Å². The van der Waals surface area contributed by atoms with Crippen LogP contribution in [-0.4, -0.2) is 53.6 Å². The molecule has 0 bridgehead atoms. The third kappa shape index (κ3) is 3.33. The lowest BCUT2D eigenvalue weighted by atomic mass is 10.1. The second-order valence-corrected chi connectivity index (χ2v) is 7.38. The number of rotatable bonds is 5. The monoisotopic (exact) mass is 358 g/mol. The molecular formula is C16H22N8S. The molecule has 0 atom stereocenters. The Bertz CT molecular complexity index is 851. The number of hydrogen-bond donors (Lipinski definition) is 1. The first kappa shape index (κ1) is 16.3. The van der Waals surface area contributed by atoms with Crippen LogP contribution < -0.4 is 4.90 Å². The average molecular weight is 358 g/mol. The zero-order valence-electron chi connectivity index (χ0n) is 14.6. The fourth-order valence-corrected chi connectivity index (χ4v) is 4.14. The molecule has 0 unspecified atom stereocenters. The highest BCUT2D eigenvalue weighted by atomic mass is 32.2. The Labute approximate surface area is 150 Å². The molecule has 1 N–H and O–H groups in total. The summed E-state index contributed by atoms with van der Waals surface area (Å²) in [5, 5.41) is 12.2. The molecule has 0 amide bonds. The molecule has 8 nitrogen and oxygen atoms in total. The average Bonchev–Trinajstić information content (AvgIpc) is 3.26. The highest BCUT2D eigenvalue weighted by molar-refractivity contribution is 7.99. The van der Waals surface area contributed by atoms with Crippen molar-refractivity contribution in [1.29, 1.82) is 0 Å². The number of H-pyrrole nitrogens is 1. The van der Waals surface area contributed by atoms with Crippen molar-refractivity contribution in [2.45, 2.75) is 44.7 Å². The summed E-state index contributed by atoms with van der Waals surface area (Å²) in [6, 6.07) is 0. The van der Waals surface area contributed by atoms with Gasteiger partial charge in [-0.15, -0.1) is 5.10 Å². The Balaban J connectivity index is 1.56. The highest BCUT2D eigenvalue weighted by Crippen LogP contribution is 2.27. The molecule has 25 heavy (non-hydrogen) atoms. The van der Waals surface area contributed by atoms with E-state index in [1.54, 1.807) is 11.8 Å². The fourth-order valence-electron chi connectivity index (χ4n) is 3.37. The van der Waals surface area contributed by atoms with E-state index in [-0.39, 0.29) is 0 Å². The lowest BCUT2D eigenvalue weighted by molar-refractivity contribution is 0.573. The van der Waals surface area contributed by atoms with Crippen molar-refractivity contribution in [2.75, 3.05) is 23.7 Å². The number of anilines is 1. The van der Waals surface area contributed by atoms with Gasteiger partial charge in [-0.25, -0.2) is 9.97 Å². The first-order valence-corrected chi connectivity index (χ1v) is 9.67. The maximum Gasteiger partial charge on any atom is 0.253 e. The predicted molar refractivity (Wildman–Crippen MR) is 97.1 cm³/mol. The van der Waals surface area contributed by atoms with Crippen molar-refractivity contribution < 1.29 is 0 Å². The van der Waals surface area contributed by atoms with Crippen LogP contribution in [0.1, 0.15) is 36.5 Å². The summed E-state index contributed by atoms with van der Waals surface area (Å²) < 4.78 is 1.88. The van der Waals surface area contributed by atoms with E-state index in [0.717, 1.165) is 47.6 Å². The second-order valence-electron chi connectivity index (χ2n) is 6.32. The standard InChI is InChI=1S/C16H22N8S/c1-11-14(23-7-4-3-5-8-23)12(2)24-15(19-11)20-16(22-24)25-9-6-13-17-10-18-21-13/h10H,3-9H2,1-2H3,(H,17,18,21). The third-order valence-corrected chi connectivity index (χ3v) is 5.39. The molecule has 1 fully saturated rings. The van der Waals surface area contributed by atoms with E-state index in [4.69, 9.17) is 4.98 Å². The van der Waals surface area contributed by atoms with Crippen LogP contribution in [-0.2, 0) is 6.42 Å². The number of nitrogens with zero attached hydrogens (tertiary/aromatic N) is 7. The summed E-state index contributed by atoms with van der Waals surface area (Å²) in [5.41, 5.74) is 3.38. The summed E-state index contributed by atoms with van der Waals surface area (Å²) in [7, 11) is 0. The molecule has 0 radical (unpaired) electrons. The van der Waals surface area contributed by atoms with Crippen molar-refractivity contribution in [2.24, 2.45) is 0 Å².